The van der Waals surface area contributed by atoms with Gasteiger partial charge in [-0.3, -0.25) is 4.90 Å². The van der Waals surface area contributed by atoms with Gasteiger partial charge in [0.05, 0.1) is 28.7 Å². The van der Waals surface area contributed by atoms with Crippen LogP contribution in [0.15, 0.2) is 35.8 Å². The smallest absolute Gasteiger partial charge is 0.340 e. The third-order valence-corrected chi connectivity index (χ3v) is 6.28. The number of hydrogen-bond acceptors (Lipinski definition) is 8. The number of aromatic nitrogens is 5. The maximum absolute atomic E-state index is 13.2. The van der Waals surface area contributed by atoms with Gasteiger partial charge in [0.2, 0.25) is 0 Å². The molecular formula is C19H23F2N7OS. The summed E-state index contributed by atoms with van der Waals surface area (Å²) in [5.41, 5.74) is 8.09. The third kappa shape index (κ3) is 4.47. The van der Waals surface area contributed by atoms with E-state index in [4.69, 9.17) is 10.5 Å². The molecular weight excluding hydrogens is 412 g/mol. The van der Waals surface area contributed by atoms with Gasteiger partial charge in [-0.15, -0.1) is 11.3 Å². The number of benzene rings is 1. The lowest BCUT2D eigenvalue weighted by Gasteiger charge is -2.36. The molecule has 1 aliphatic rings. The fraction of sp³-hybridized carbons (Fsp3) is 0.474. The van der Waals surface area contributed by atoms with Crippen LogP contribution in [0.4, 0.5) is 8.78 Å². The Kier molecular flexibility index (Phi) is 6.60. The highest BCUT2D eigenvalue weighted by Gasteiger charge is 2.30. The number of nitrogens with zero attached hydrogens (tertiary/aromatic N) is 6. The van der Waals surface area contributed by atoms with E-state index in [-0.39, 0.29) is 18.3 Å². The molecule has 8 nitrogen and oxygen atoms in total. The number of piperidine rings is 1. The van der Waals surface area contributed by atoms with Gasteiger partial charge in [-0.2, -0.15) is 4.68 Å². The Labute approximate surface area is 176 Å². The summed E-state index contributed by atoms with van der Waals surface area (Å²) < 4.78 is 33.9. The highest BCUT2D eigenvalue weighted by Crippen LogP contribution is 2.34. The summed E-state index contributed by atoms with van der Waals surface area (Å²) in [5.74, 6) is 0.330. The van der Waals surface area contributed by atoms with E-state index in [9.17, 15) is 8.78 Å². The van der Waals surface area contributed by atoms with E-state index in [1.165, 1.54) is 16.8 Å². The Morgan fingerprint density at radius 2 is 1.97 bits per heavy atom. The van der Waals surface area contributed by atoms with E-state index < -0.39 is 6.43 Å². The van der Waals surface area contributed by atoms with Crippen LogP contribution in [0.5, 0.6) is 6.01 Å². The molecule has 1 fully saturated rings. The summed E-state index contributed by atoms with van der Waals surface area (Å²) in [7, 11) is 0. The number of nitrogens with two attached hydrogens (primary N) is 1. The van der Waals surface area contributed by atoms with Crippen LogP contribution >= 0.6 is 11.3 Å². The SMILES string of the molecule is NCC(c1scnc1C(F)F)N1CCC(COc2nnnn2-c2ccccc2)CC1. The fourth-order valence-corrected chi connectivity index (χ4v) is 4.67. The molecule has 4 rings (SSSR count). The first-order valence-electron chi connectivity index (χ1n) is 9.79. The number of tetrazole rings is 1. The van der Waals surface area contributed by atoms with E-state index in [1.54, 1.807) is 4.68 Å². The van der Waals surface area contributed by atoms with E-state index in [1.807, 2.05) is 30.3 Å². The maximum Gasteiger partial charge on any atom is 0.340 e. The number of rotatable bonds is 8. The second-order valence-electron chi connectivity index (χ2n) is 7.15. The molecule has 0 aliphatic carbocycles. The largest absolute Gasteiger partial charge is 0.462 e. The van der Waals surface area contributed by atoms with Crippen molar-refractivity contribution >= 4 is 11.3 Å². The van der Waals surface area contributed by atoms with Crippen LogP contribution in [0.25, 0.3) is 5.69 Å². The van der Waals surface area contributed by atoms with Gasteiger partial charge >= 0.3 is 6.01 Å². The Bertz CT molecular complexity index is 928. The summed E-state index contributed by atoms with van der Waals surface area (Å²) in [5, 5.41) is 11.7. The topological polar surface area (TPSA) is 95.0 Å². The molecule has 1 saturated heterocycles. The Morgan fingerprint density at radius 1 is 1.20 bits per heavy atom. The lowest BCUT2D eigenvalue weighted by molar-refractivity contribution is 0.102. The highest BCUT2D eigenvalue weighted by molar-refractivity contribution is 7.09. The predicted octanol–water partition coefficient (Wildman–Crippen LogP) is 2.85. The van der Waals surface area contributed by atoms with E-state index in [0.717, 1.165) is 31.6 Å². The number of thiazole rings is 1. The van der Waals surface area contributed by atoms with Crippen molar-refractivity contribution in [1.82, 2.24) is 30.1 Å². The van der Waals surface area contributed by atoms with Gasteiger partial charge in [-0.25, -0.2) is 13.8 Å². The lowest BCUT2D eigenvalue weighted by Crippen LogP contribution is -2.41. The van der Waals surface area contributed by atoms with E-state index in [0.29, 0.717) is 23.4 Å². The molecule has 2 N–H and O–H groups in total. The van der Waals surface area contributed by atoms with Gasteiger partial charge in [0.1, 0.15) is 5.69 Å². The highest BCUT2D eigenvalue weighted by atomic mass is 32.1. The zero-order chi connectivity index (χ0) is 20.9. The van der Waals surface area contributed by atoms with Crippen molar-refractivity contribution < 1.29 is 13.5 Å². The summed E-state index contributed by atoms with van der Waals surface area (Å²) in [4.78, 5) is 6.57. The molecule has 11 heteroatoms. The maximum atomic E-state index is 13.2. The normalized spacial score (nSPS) is 16.8. The minimum absolute atomic E-state index is 0.145. The van der Waals surface area contributed by atoms with Crippen LogP contribution in [0.2, 0.25) is 0 Å². The Morgan fingerprint density at radius 3 is 2.67 bits per heavy atom. The van der Waals surface area contributed by atoms with Crippen LogP contribution < -0.4 is 10.5 Å². The minimum atomic E-state index is -2.58. The number of para-hydroxylation sites is 1. The molecule has 0 bridgehead atoms. The van der Waals surface area contributed by atoms with Crippen LogP contribution in [-0.4, -0.2) is 56.3 Å². The van der Waals surface area contributed by atoms with Gasteiger partial charge in [-0.05, 0) is 54.4 Å². The molecule has 0 saturated carbocycles. The van der Waals surface area contributed by atoms with Gasteiger partial charge in [0.15, 0.2) is 0 Å². The first-order chi connectivity index (χ1) is 14.7. The molecule has 1 aliphatic heterocycles. The number of alkyl halides is 2. The van der Waals surface area contributed by atoms with Gasteiger partial charge in [0.25, 0.3) is 6.43 Å². The van der Waals surface area contributed by atoms with Gasteiger partial charge < -0.3 is 10.5 Å². The predicted molar refractivity (Wildman–Crippen MR) is 108 cm³/mol. The molecule has 0 spiro atoms. The average molecular weight is 436 g/mol. The monoisotopic (exact) mass is 435 g/mol. The molecule has 3 heterocycles. The third-order valence-electron chi connectivity index (χ3n) is 5.34. The summed E-state index contributed by atoms with van der Waals surface area (Å²) in [6.07, 6.45) is -0.819. The van der Waals surface area contributed by atoms with Crippen molar-refractivity contribution in [2.45, 2.75) is 25.3 Å². The molecule has 160 valence electrons. The second kappa shape index (κ2) is 9.54. The molecule has 30 heavy (non-hydrogen) atoms. The number of hydrogen-bond donors (Lipinski definition) is 1. The number of likely N-dealkylation sites (tertiary alicyclic amines) is 1. The second-order valence-corrected chi connectivity index (χ2v) is 8.04. The molecule has 1 unspecified atom stereocenters. The van der Waals surface area contributed by atoms with Crippen molar-refractivity contribution in [3.8, 4) is 11.7 Å². The van der Waals surface area contributed by atoms with Crippen molar-refractivity contribution in [2.75, 3.05) is 26.2 Å². The van der Waals surface area contributed by atoms with Crippen LogP contribution in [0.3, 0.4) is 0 Å². The summed E-state index contributed by atoms with van der Waals surface area (Å²) >= 11 is 1.25. The molecule has 1 aromatic carbocycles. The number of halogens is 2. The van der Waals surface area contributed by atoms with Gasteiger partial charge in [0, 0.05) is 6.54 Å². The standard InChI is InChI=1S/C19H23F2N7OS/c20-18(21)16-17(30-12-23-16)15(10-22)27-8-6-13(7-9-27)11-29-19-24-25-26-28(19)14-4-2-1-3-5-14/h1-5,12-13,15,18H,6-11,22H2. The Balaban J connectivity index is 1.33. The van der Waals surface area contributed by atoms with Crippen molar-refractivity contribution in [2.24, 2.45) is 11.7 Å². The van der Waals surface area contributed by atoms with Crippen molar-refractivity contribution in [3.05, 3.63) is 46.4 Å². The zero-order valence-electron chi connectivity index (χ0n) is 16.3. The quantitative estimate of drug-likeness (QED) is 0.581. The Hall–Kier alpha value is -2.50. The average Bonchev–Trinajstić information content (AvgIpc) is 3.44. The molecule has 2 aromatic heterocycles. The lowest BCUT2D eigenvalue weighted by atomic mass is 9.96. The van der Waals surface area contributed by atoms with Crippen LogP contribution in [0.1, 0.15) is 35.9 Å². The fourth-order valence-electron chi connectivity index (χ4n) is 3.72. The molecule has 0 radical (unpaired) electrons. The first kappa shape index (κ1) is 20.8. The zero-order valence-corrected chi connectivity index (χ0v) is 17.1. The van der Waals surface area contributed by atoms with Crippen LogP contribution in [0, 0.1) is 5.92 Å². The van der Waals surface area contributed by atoms with Crippen molar-refractivity contribution in [3.63, 3.8) is 0 Å². The van der Waals surface area contributed by atoms with E-state index in [2.05, 4.69) is 25.4 Å². The number of ether oxygens (including phenoxy) is 1. The summed E-state index contributed by atoms with van der Waals surface area (Å²) in [6.45, 7) is 2.31. The first-order valence-corrected chi connectivity index (χ1v) is 10.7. The molecule has 1 atom stereocenters. The van der Waals surface area contributed by atoms with Crippen LogP contribution in [-0.2, 0) is 0 Å². The minimum Gasteiger partial charge on any atom is -0.462 e. The summed E-state index contributed by atoms with van der Waals surface area (Å²) in [6, 6.07) is 9.68. The molecule has 0 amide bonds. The van der Waals surface area contributed by atoms with Gasteiger partial charge in [-0.1, -0.05) is 23.3 Å². The van der Waals surface area contributed by atoms with E-state index >= 15 is 0 Å². The molecule has 3 aromatic rings. The van der Waals surface area contributed by atoms with Crippen molar-refractivity contribution in [1.29, 1.82) is 0 Å².